The van der Waals surface area contributed by atoms with Crippen molar-refractivity contribution in [3.63, 3.8) is 0 Å². The highest BCUT2D eigenvalue weighted by Crippen LogP contribution is 2.29. The SMILES string of the molecule is Fc1cc(Br)cc(OCc2cccc(Cl)c2Cl)c1F. The number of hydrogen-bond acceptors (Lipinski definition) is 1. The minimum Gasteiger partial charge on any atom is -0.486 e. The molecule has 1 nitrogen and oxygen atoms in total. The van der Waals surface area contributed by atoms with Gasteiger partial charge in [0.25, 0.3) is 0 Å². The Morgan fingerprint density at radius 2 is 1.89 bits per heavy atom. The molecular weight excluding hydrogens is 361 g/mol. The summed E-state index contributed by atoms with van der Waals surface area (Å²) in [6.45, 7) is -0.00773. The van der Waals surface area contributed by atoms with Crippen molar-refractivity contribution in [2.75, 3.05) is 0 Å². The van der Waals surface area contributed by atoms with E-state index in [2.05, 4.69) is 15.9 Å². The molecular formula is C13H7BrCl2F2O. The summed E-state index contributed by atoms with van der Waals surface area (Å²) in [7, 11) is 0. The Morgan fingerprint density at radius 1 is 1.16 bits per heavy atom. The first-order valence-electron chi connectivity index (χ1n) is 5.19. The summed E-state index contributed by atoms with van der Waals surface area (Å²) >= 11 is 14.9. The van der Waals surface area contributed by atoms with E-state index in [4.69, 9.17) is 27.9 Å². The van der Waals surface area contributed by atoms with Crippen LogP contribution >= 0.6 is 39.1 Å². The van der Waals surface area contributed by atoms with Gasteiger partial charge in [0.15, 0.2) is 11.6 Å². The molecule has 0 aliphatic rings. The van der Waals surface area contributed by atoms with Gasteiger partial charge < -0.3 is 4.74 Å². The van der Waals surface area contributed by atoms with Gasteiger partial charge in [-0.2, -0.15) is 4.39 Å². The van der Waals surface area contributed by atoms with Crippen LogP contribution in [0.1, 0.15) is 5.56 Å². The molecule has 0 radical (unpaired) electrons. The lowest BCUT2D eigenvalue weighted by Gasteiger charge is -2.10. The van der Waals surface area contributed by atoms with Crippen molar-refractivity contribution in [3.05, 3.63) is 62.0 Å². The van der Waals surface area contributed by atoms with Crippen LogP contribution in [0, 0.1) is 11.6 Å². The van der Waals surface area contributed by atoms with E-state index in [1.807, 2.05) is 0 Å². The zero-order chi connectivity index (χ0) is 14.0. The second-order valence-electron chi connectivity index (χ2n) is 3.70. The second-order valence-corrected chi connectivity index (χ2v) is 5.40. The third kappa shape index (κ3) is 3.38. The van der Waals surface area contributed by atoms with Crippen molar-refractivity contribution < 1.29 is 13.5 Å². The van der Waals surface area contributed by atoms with Crippen molar-refractivity contribution in [1.29, 1.82) is 0 Å². The maximum Gasteiger partial charge on any atom is 0.200 e. The fourth-order valence-electron chi connectivity index (χ4n) is 1.45. The van der Waals surface area contributed by atoms with Gasteiger partial charge >= 0.3 is 0 Å². The molecule has 0 spiro atoms. The van der Waals surface area contributed by atoms with Gasteiger partial charge in [-0.15, -0.1) is 0 Å². The first-order chi connectivity index (χ1) is 8.99. The second kappa shape index (κ2) is 6.07. The van der Waals surface area contributed by atoms with E-state index in [1.54, 1.807) is 18.2 Å². The van der Waals surface area contributed by atoms with Crippen LogP contribution in [0.5, 0.6) is 5.75 Å². The smallest absolute Gasteiger partial charge is 0.200 e. The summed E-state index contributed by atoms with van der Waals surface area (Å²) in [6, 6.07) is 7.39. The molecule has 19 heavy (non-hydrogen) atoms. The van der Waals surface area contributed by atoms with Crippen molar-refractivity contribution in [2.45, 2.75) is 6.61 Å². The molecule has 0 amide bonds. The summed E-state index contributed by atoms with van der Waals surface area (Å²) in [6.07, 6.45) is 0. The van der Waals surface area contributed by atoms with E-state index in [9.17, 15) is 8.78 Å². The van der Waals surface area contributed by atoms with Crippen LogP contribution in [-0.2, 0) is 6.61 Å². The number of rotatable bonds is 3. The molecule has 0 aliphatic carbocycles. The van der Waals surface area contributed by atoms with Gasteiger partial charge in [0.05, 0.1) is 10.0 Å². The summed E-state index contributed by atoms with van der Waals surface area (Å²) in [4.78, 5) is 0. The zero-order valence-electron chi connectivity index (χ0n) is 9.39. The van der Waals surface area contributed by atoms with E-state index >= 15 is 0 Å². The maximum absolute atomic E-state index is 13.5. The molecule has 2 rings (SSSR count). The van der Waals surface area contributed by atoms with Crippen LogP contribution in [0.15, 0.2) is 34.8 Å². The Kier molecular flexibility index (Phi) is 4.66. The standard InChI is InChI=1S/C13H7BrCl2F2O/c14-8-4-10(17)13(18)11(5-8)19-6-7-2-1-3-9(15)12(7)16/h1-5H,6H2. The normalized spacial score (nSPS) is 10.6. The third-order valence-electron chi connectivity index (χ3n) is 2.37. The van der Waals surface area contributed by atoms with Crippen molar-refractivity contribution in [3.8, 4) is 5.75 Å². The fraction of sp³-hybridized carbons (Fsp3) is 0.0769. The number of ether oxygens (including phenoxy) is 1. The Balaban J connectivity index is 2.21. The predicted molar refractivity (Wildman–Crippen MR) is 74.9 cm³/mol. The fourth-order valence-corrected chi connectivity index (χ4v) is 2.24. The summed E-state index contributed by atoms with van der Waals surface area (Å²) in [5.74, 6) is -2.22. The molecule has 0 aliphatic heterocycles. The van der Waals surface area contributed by atoms with Gasteiger partial charge in [-0.3, -0.25) is 0 Å². The van der Waals surface area contributed by atoms with E-state index < -0.39 is 11.6 Å². The molecule has 0 saturated carbocycles. The molecule has 0 heterocycles. The summed E-state index contributed by atoms with van der Waals surface area (Å²) < 4.78 is 32.3. The van der Waals surface area contributed by atoms with Gasteiger partial charge in [0.2, 0.25) is 5.82 Å². The van der Waals surface area contributed by atoms with Crippen LogP contribution in [-0.4, -0.2) is 0 Å². The summed E-state index contributed by atoms with van der Waals surface area (Å²) in [5.41, 5.74) is 0.592. The Labute approximate surface area is 127 Å². The minimum absolute atomic E-state index is 0.00773. The predicted octanol–water partition coefficient (Wildman–Crippen LogP) is 5.61. The molecule has 0 fully saturated rings. The topological polar surface area (TPSA) is 9.23 Å². The van der Waals surface area contributed by atoms with Crippen molar-refractivity contribution in [1.82, 2.24) is 0 Å². The largest absolute Gasteiger partial charge is 0.486 e. The Bertz CT molecular complexity index is 620. The molecule has 6 heteroatoms. The first-order valence-corrected chi connectivity index (χ1v) is 6.74. The van der Waals surface area contributed by atoms with Gasteiger partial charge in [0.1, 0.15) is 6.61 Å². The van der Waals surface area contributed by atoms with Crippen LogP contribution < -0.4 is 4.74 Å². The maximum atomic E-state index is 13.5. The molecule has 0 saturated heterocycles. The lowest BCUT2D eigenvalue weighted by atomic mass is 10.2. The Morgan fingerprint density at radius 3 is 2.63 bits per heavy atom. The van der Waals surface area contributed by atoms with Gasteiger partial charge in [-0.25, -0.2) is 4.39 Å². The number of hydrogen-bond donors (Lipinski definition) is 0. The Hall–Kier alpha value is -0.840. The molecule has 0 aromatic heterocycles. The highest BCUT2D eigenvalue weighted by Gasteiger charge is 2.12. The zero-order valence-corrected chi connectivity index (χ0v) is 12.5. The molecule has 2 aromatic rings. The lowest BCUT2D eigenvalue weighted by molar-refractivity contribution is 0.284. The molecule has 0 N–H and O–H groups in total. The van der Waals surface area contributed by atoms with Crippen LogP contribution in [0.3, 0.4) is 0 Å². The monoisotopic (exact) mass is 366 g/mol. The average molecular weight is 368 g/mol. The van der Waals surface area contributed by atoms with Crippen molar-refractivity contribution in [2.24, 2.45) is 0 Å². The third-order valence-corrected chi connectivity index (χ3v) is 3.69. The van der Waals surface area contributed by atoms with Crippen LogP contribution in [0.25, 0.3) is 0 Å². The number of halogens is 5. The molecule has 0 unspecified atom stereocenters. The summed E-state index contributed by atoms with van der Waals surface area (Å²) in [5, 5.41) is 0.712. The van der Waals surface area contributed by atoms with E-state index in [1.165, 1.54) is 6.07 Å². The molecule has 0 bridgehead atoms. The average Bonchev–Trinajstić information content (AvgIpc) is 2.36. The van der Waals surface area contributed by atoms with Gasteiger partial charge in [-0.1, -0.05) is 51.3 Å². The molecule has 0 atom stereocenters. The quantitative estimate of drug-likeness (QED) is 0.640. The highest BCUT2D eigenvalue weighted by molar-refractivity contribution is 9.10. The molecule has 100 valence electrons. The highest BCUT2D eigenvalue weighted by atomic mass is 79.9. The molecule has 2 aromatic carbocycles. The minimum atomic E-state index is -1.04. The van der Waals surface area contributed by atoms with Crippen molar-refractivity contribution >= 4 is 39.1 Å². The lowest BCUT2D eigenvalue weighted by Crippen LogP contribution is -2.00. The van der Waals surface area contributed by atoms with E-state index in [0.29, 0.717) is 20.1 Å². The van der Waals surface area contributed by atoms with E-state index in [-0.39, 0.29) is 12.4 Å². The van der Waals surface area contributed by atoms with Gasteiger partial charge in [0, 0.05) is 10.0 Å². The van der Waals surface area contributed by atoms with Gasteiger partial charge in [-0.05, 0) is 18.2 Å². The van der Waals surface area contributed by atoms with E-state index in [0.717, 1.165) is 6.07 Å². The van der Waals surface area contributed by atoms with Crippen LogP contribution in [0.2, 0.25) is 10.0 Å². The van der Waals surface area contributed by atoms with Crippen LogP contribution in [0.4, 0.5) is 8.78 Å². The number of benzene rings is 2. The first kappa shape index (κ1) is 14.6.